The molecule has 19 heavy (non-hydrogen) atoms. The zero-order valence-electron chi connectivity index (χ0n) is 11.3. The van der Waals surface area contributed by atoms with E-state index in [4.69, 9.17) is 4.74 Å². The van der Waals surface area contributed by atoms with Crippen LogP contribution >= 0.6 is 0 Å². The van der Waals surface area contributed by atoms with E-state index in [0.29, 0.717) is 12.1 Å². The molecule has 0 aliphatic carbocycles. The highest BCUT2D eigenvalue weighted by molar-refractivity contribution is 5.97. The molecule has 0 N–H and O–H groups in total. The van der Waals surface area contributed by atoms with E-state index in [1.165, 1.54) is 12.1 Å². The lowest BCUT2D eigenvalue weighted by molar-refractivity contribution is 0.0686. The van der Waals surface area contributed by atoms with Gasteiger partial charge in [0.25, 0.3) is 0 Å². The molecule has 0 spiro atoms. The van der Waals surface area contributed by atoms with Crippen molar-refractivity contribution >= 4 is 5.78 Å². The minimum Gasteiger partial charge on any atom is -0.377 e. The minimum atomic E-state index is -0.368. The molecule has 1 aliphatic rings. The Bertz CT molecular complexity index is 430. The molecule has 1 aliphatic heterocycles. The molecule has 1 aromatic carbocycles. The molecule has 0 saturated carbocycles. The van der Waals surface area contributed by atoms with Gasteiger partial charge in [0.05, 0.1) is 12.6 Å². The first kappa shape index (κ1) is 14.2. The third-order valence-electron chi connectivity index (χ3n) is 3.45. The van der Waals surface area contributed by atoms with Crippen LogP contribution in [-0.2, 0) is 4.74 Å². The Morgan fingerprint density at radius 3 is 3.00 bits per heavy atom. The largest absolute Gasteiger partial charge is 0.377 e. The molecule has 0 radical (unpaired) electrons. The number of ether oxygens (including phenoxy) is 1. The van der Waals surface area contributed by atoms with Crippen LogP contribution in [0.5, 0.6) is 0 Å². The van der Waals surface area contributed by atoms with Gasteiger partial charge in [0.2, 0.25) is 0 Å². The molecule has 1 saturated heterocycles. The van der Waals surface area contributed by atoms with Gasteiger partial charge >= 0.3 is 0 Å². The predicted molar refractivity (Wildman–Crippen MR) is 71.8 cm³/mol. The summed E-state index contributed by atoms with van der Waals surface area (Å²) < 4.78 is 18.7. The van der Waals surface area contributed by atoms with E-state index in [1.54, 1.807) is 12.1 Å². The smallest absolute Gasteiger partial charge is 0.176 e. The summed E-state index contributed by atoms with van der Waals surface area (Å²) in [4.78, 5) is 14.1. The first-order valence-corrected chi connectivity index (χ1v) is 6.81. The Balaban J connectivity index is 1.91. The molecule has 2 rings (SSSR count). The number of Topliss-reactive ketones (excluding diaryl/α,β-unsaturated/α-hetero) is 1. The number of carbonyl (C=O) groups excluding carboxylic acids is 1. The number of hydrogen-bond acceptors (Lipinski definition) is 3. The minimum absolute atomic E-state index is 0.0423. The zero-order valence-corrected chi connectivity index (χ0v) is 11.3. The van der Waals surface area contributed by atoms with Gasteiger partial charge in [0, 0.05) is 18.7 Å². The van der Waals surface area contributed by atoms with E-state index >= 15 is 0 Å². The fourth-order valence-electron chi connectivity index (χ4n) is 2.34. The number of hydrogen-bond donors (Lipinski definition) is 0. The molecule has 4 heteroatoms. The van der Waals surface area contributed by atoms with Gasteiger partial charge in [0.15, 0.2) is 5.78 Å². The maximum absolute atomic E-state index is 13.1. The highest BCUT2D eigenvalue weighted by Gasteiger charge is 2.20. The lowest BCUT2D eigenvalue weighted by Crippen LogP contribution is -2.36. The van der Waals surface area contributed by atoms with Crippen molar-refractivity contribution in [2.75, 3.05) is 26.2 Å². The van der Waals surface area contributed by atoms with E-state index in [9.17, 15) is 9.18 Å². The number of carbonyl (C=O) groups is 1. The highest BCUT2D eigenvalue weighted by atomic mass is 19.1. The van der Waals surface area contributed by atoms with Crippen LogP contribution in [0.2, 0.25) is 0 Å². The monoisotopic (exact) mass is 265 g/mol. The second-order valence-corrected chi connectivity index (χ2v) is 4.90. The van der Waals surface area contributed by atoms with Crippen LogP contribution in [0.25, 0.3) is 0 Å². The van der Waals surface area contributed by atoms with Crippen LogP contribution in [0.15, 0.2) is 24.3 Å². The van der Waals surface area contributed by atoms with Crippen LogP contribution in [0, 0.1) is 5.82 Å². The molecule has 0 aromatic heterocycles. The molecular formula is C15H20FNO2. The number of nitrogens with zero attached hydrogens (tertiary/aromatic N) is 1. The fraction of sp³-hybridized carbons (Fsp3) is 0.533. The molecule has 0 bridgehead atoms. The van der Waals surface area contributed by atoms with Gasteiger partial charge in [-0.3, -0.25) is 9.69 Å². The SMILES string of the molecule is CCN(CC(=O)c1cccc(F)c1)CC1CCCO1. The molecule has 1 unspecified atom stereocenters. The summed E-state index contributed by atoms with van der Waals surface area (Å²) in [5.74, 6) is -0.410. The molecule has 104 valence electrons. The Morgan fingerprint density at radius 1 is 1.53 bits per heavy atom. The predicted octanol–water partition coefficient (Wildman–Crippen LogP) is 2.51. The summed E-state index contributed by atoms with van der Waals surface area (Å²) in [6.45, 7) is 4.73. The normalized spacial score (nSPS) is 19.0. The second-order valence-electron chi connectivity index (χ2n) is 4.90. The first-order chi connectivity index (χ1) is 9.19. The van der Waals surface area contributed by atoms with E-state index in [0.717, 1.165) is 32.5 Å². The number of benzene rings is 1. The second kappa shape index (κ2) is 6.78. The third kappa shape index (κ3) is 4.11. The topological polar surface area (TPSA) is 29.5 Å². The summed E-state index contributed by atoms with van der Waals surface area (Å²) in [5, 5.41) is 0. The Kier molecular flexibility index (Phi) is 5.05. The molecule has 1 aromatic rings. The molecule has 3 nitrogen and oxygen atoms in total. The van der Waals surface area contributed by atoms with Gasteiger partial charge in [-0.2, -0.15) is 0 Å². The van der Waals surface area contributed by atoms with Crippen molar-refractivity contribution in [2.24, 2.45) is 0 Å². The average Bonchev–Trinajstić information content (AvgIpc) is 2.90. The average molecular weight is 265 g/mol. The first-order valence-electron chi connectivity index (χ1n) is 6.81. The van der Waals surface area contributed by atoms with Gasteiger partial charge < -0.3 is 4.74 Å². The number of rotatable bonds is 6. The van der Waals surface area contributed by atoms with Gasteiger partial charge in [0.1, 0.15) is 5.82 Å². The van der Waals surface area contributed by atoms with Gasteiger partial charge in [-0.05, 0) is 31.5 Å². The molecule has 1 fully saturated rings. The van der Waals surface area contributed by atoms with Crippen LogP contribution < -0.4 is 0 Å². The summed E-state index contributed by atoms with van der Waals surface area (Å²) in [5.41, 5.74) is 0.436. The fourth-order valence-corrected chi connectivity index (χ4v) is 2.34. The summed E-state index contributed by atoms with van der Waals surface area (Å²) >= 11 is 0. The number of likely N-dealkylation sites (N-methyl/N-ethyl adjacent to an activating group) is 1. The molecule has 1 heterocycles. The third-order valence-corrected chi connectivity index (χ3v) is 3.45. The quantitative estimate of drug-likeness (QED) is 0.740. The van der Waals surface area contributed by atoms with Crippen molar-refractivity contribution in [2.45, 2.75) is 25.9 Å². The summed E-state index contributed by atoms with van der Waals surface area (Å²) in [6, 6.07) is 5.87. The van der Waals surface area contributed by atoms with E-state index in [2.05, 4.69) is 4.90 Å². The lowest BCUT2D eigenvalue weighted by Gasteiger charge is -2.22. The molecule has 1 atom stereocenters. The number of halogens is 1. The van der Waals surface area contributed by atoms with Crippen LogP contribution in [-0.4, -0.2) is 43.0 Å². The van der Waals surface area contributed by atoms with Crippen molar-refractivity contribution in [3.63, 3.8) is 0 Å². The van der Waals surface area contributed by atoms with E-state index < -0.39 is 0 Å². The van der Waals surface area contributed by atoms with E-state index in [1.807, 2.05) is 6.92 Å². The Hall–Kier alpha value is -1.26. The van der Waals surface area contributed by atoms with Gasteiger partial charge in [-0.25, -0.2) is 4.39 Å². The Labute approximate surface area is 113 Å². The van der Waals surface area contributed by atoms with Crippen molar-refractivity contribution in [3.05, 3.63) is 35.6 Å². The summed E-state index contributed by atoms with van der Waals surface area (Å²) in [6.07, 6.45) is 2.39. The molecule has 0 amide bonds. The van der Waals surface area contributed by atoms with Crippen LogP contribution in [0.1, 0.15) is 30.1 Å². The van der Waals surface area contributed by atoms with Crippen LogP contribution in [0.4, 0.5) is 4.39 Å². The Morgan fingerprint density at radius 2 is 2.37 bits per heavy atom. The lowest BCUT2D eigenvalue weighted by atomic mass is 10.1. The van der Waals surface area contributed by atoms with Crippen molar-refractivity contribution in [3.8, 4) is 0 Å². The molecular weight excluding hydrogens is 245 g/mol. The van der Waals surface area contributed by atoms with Crippen molar-refractivity contribution < 1.29 is 13.9 Å². The van der Waals surface area contributed by atoms with Gasteiger partial charge in [-0.1, -0.05) is 19.1 Å². The van der Waals surface area contributed by atoms with E-state index in [-0.39, 0.29) is 17.7 Å². The highest BCUT2D eigenvalue weighted by Crippen LogP contribution is 2.14. The van der Waals surface area contributed by atoms with Crippen LogP contribution in [0.3, 0.4) is 0 Å². The van der Waals surface area contributed by atoms with Gasteiger partial charge in [-0.15, -0.1) is 0 Å². The number of ketones is 1. The maximum atomic E-state index is 13.1. The zero-order chi connectivity index (χ0) is 13.7. The summed E-state index contributed by atoms with van der Waals surface area (Å²) in [7, 11) is 0. The maximum Gasteiger partial charge on any atom is 0.176 e. The van der Waals surface area contributed by atoms with Crippen molar-refractivity contribution in [1.82, 2.24) is 4.90 Å². The van der Waals surface area contributed by atoms with Crippen molar-refractivity contribution in [1.29, 1.82) is 0 Å². The standard InChI is InChI=1S/C15H20FNO2/c1-2-17(10-14-7-4-8-19-14)11-15(18)12-5-3-6-13(16)9-12/h3,5-6,9,14H,2,4,7-8,10-11H2,1H3.